The molecule has 2 unspecified atom stereocenters. The van der Waals surface area contributed by atoms with Gasteiger partial charge in [-0.15, -0.1) is 11.8 Å². The molecule has 0 rings (SSSR count). The summed E-state index contributed by atoms with van der Waals surface area (Å²) in [6.07, 6.45) is 1.10. The Balaban J connectivity index is 3.87. The highest BCUT2D eigenvalue weighted by molar-refractivity contribution is 8.00. The van der Waals surface area contributed by atoms with Crippen molar-refractivity contribution < 1.29 is 0 Å². The Morgan fingerprint density at radius 3 is 2.18 bits per heavy atom. The number of hydrogen-bond donors (Lipinski definition) is 0. The molecular formula is C9H17NS. The molecule has 0 aliphatic rings. The monoisotopic (exact) mass is 171 g/mol. The topological polar surface area (TPSA) is 23.8 Å². The lowest BCUT2D eigenvalue weighted by molar-refractivity contribution is 0.588. The van der Waals surface area contributed by atoms with E-state index in [1.165, 1.54) is 0 Å². The maximum absolute atomic E-state index is 8.81. The van der Waals surface area contributed by atoms with Gasteiger partial charge < -0.3 is 0 Å². The van der Waals surface area contributed by atoms with Crippen molar-refractivity contribution in [2.24, 2.45) is 5.92 Å². The standard InChI is InChI=1S/C9H17NS/c1-5-8(4)9(6-10)11-7(2)3/h7-9H,5H2,1-4H3. The Bertz CT molecular complexity index is 137. The van der Waals surface area contributed by atoms with Crippen molar-refractivity contribution in [3.8, 4) is 6.07 Å². The summed E-state index contributed by atoms with van der Waals surface area (Å²) in [6, 6.07) is 2.35. The lowest BCUT2D eigenvalue weighted by Gasteiger charge is -2.16. The van der Waals surface area contributed by atoms with E-state index in [1.54, 1.807) is 11.8 Å². The Morgan fingerprint density at radius 2 is 1.91 bits per heavy atom. The van der Waals surface area contributed by atoms with E-state index in [2.05, 4.69) is 33.8 Å². The van der Waals surface area contributed by atoms with Gasteiger partial charge in [0.2, 0.25) is 0 Å². The molecule has 2 heteroatoms. The maximum atomic E-state index is 8.81. The third-order valence-corrected chi connectivity index (χ3v) is 3.11. The van der Waals surface area contributed by atoms with E-state index in [4.69, 9.17) is 5.26 Å². The van der Waals surface area contributed by atoms with E-state index in [0.717, 1.165) is 6.42 Å². The molecule has 0 saturated carbocycles. The first-order valence-electron chi connectivity index (χ1n) is 4.16. The molecule has 0 amide bonds. The molecule has 0 aliphatic heterocycles. The first-order valence-corrected chi connectivity index (χ1v) is 5.11. The zero-order chi connectivity index (χ0) is 8.85. The molecule has 0 fully saturated rings. The fourth-order valence-electron chi connectivity index (χ4n) is 0.799. The summed E-state index contributed by atoms with van der Waals surface area (Å²) < 4.78 is 0. The predicted octanol–water partition coefficient (Wildman–Crippen LogP) is 3.07. The fraction of sp³-hybridized carbons (Fsp3) is 0.889. The van der Waals surface area contributed by atoms with Crippen LogP contribution in [0.5, 0.6) is 0 Å². The van der Waals surface area contributed by atoms with Crippen LogP contribution in [0.25, 0.3) is 0 Å². The van der Waals surface area contributed by atoms with Crippen LogP contribution in [-0.4, -0.2) is 10.5 Å². The van der Waals surface area contributed by atoms with Crippen LogP contribution in [0.3, 0.4) is 0 Å². The van der Waals surface area contributed by atoms with Crippen LogP contribution in [-0.2, 0) is 0 Å². The zero-order valence-corrected chi connectivity index (χ0v) is 8.61. The molecule has 0 saturated heterocycles. The van der Waals surface area contributed by atoms with Crippen LogP contribution < -0.4 is 0 Å². The number of rotatable bonds is 4. The van der Waals surface area contributed by atoms with Gasteiger partial charge in [0.05, 0.1) is 11.3 Å². The van der Waals surface area contributed by atoms with E-state index in [9.17, 15) is 0 Å². The molecule has 0 heterocycles. The van der Waals surface area contributed by atoms with Crippen LogP contribution in [0.1, 0.15) is 34.1 Å². The van der Waals surface area contributed by atoms with Crippen LogP contribution in [0.4, 0.5) is 0 Å². The van der Waals surface area contributed by atoms with Gasteiger partial charge in [0, 0.05) is 5.25 Å². The van der Waals surface area contributed by atoms with Crippen LogP contribution in [0.2, 0.25) is 0 Å². The van der Waals surface area contributed by atoms with E-state index < -0.39 is 0 Å². The summed E-state index contributed by atoms with van der Waals surface area (Å²) in [6.45, 7) is 8.55. The Labute approximate surface area is 74.2 Å². The van der Waals surface area contributed by atoms with Crippen LogP contribution in [0, 0.1) is 17.2 Å². The molecular weight excluding hydrogens is 154 g/mol. The first-order chi connectivity index (χ1) is 5.11. The summed E-state index contributed by atoms with van der Waals surface area (Å²) in [4.78, 5) is 0. The maximum Gasteiger partial charge on any atom is 0.0944 e. The SMILES string of the molecule is CCC(C)C(C#N)SC(C)C. The molecule has 0 aromatic heterocycles. The van der Waals surface area contributed by atoms with Gasteiger partial charge in [0.1, 0.15) is 0 Å². The second kappa shape index (κ2) is 5.49. The summed E-state index contributed by atoms with van der Waals surface area (Å²) in [7, 11) is 0. The van der Waals surface area contributed by atoms with Crippen molar-refractivity contribution in [1.29, 1.82) is 5.26 Å². The highest BCUT2D eigenvalue weighted by atomic mass is 32.2. The quantitative estimate of drug-likeness (QED) is 0.649. The first kappa shape index (κ1) is 10.8. The minimum absolute atomic E-state index is 0.181. The zero-order valence-electron chi connectivity index (χ0n) is 7.79. The Morgan fingerprint density at radius 1 is 1.36 bits per heavy atom. The van der Waals surface area contributed by atoms with Crippen molar-refractivity contribution in [3.05, 3.63) is 0 Å². The molecule has 64 valence electrons. The van der Waals surface area contributed by atoms with E-state index in [-0.39, 0.29) is 5.25 Å². The van der Waals surface area contributed by atoms with Crippen LogP contribution in [0.15, 0.2) is 0 Å². The van der Waals surface area contributed by atoms with Crippen molar-refractivity contribution >= 4 is 11.8 Å². The summed E-state index contributed by atoms with van der Waals surface area (Å²) >= 11 is 1.77. The van der Waals surface area contributed by atoms with E-state index in [1.807, 2.05) is 0 Å². The van der Waals surface area contributed by atoms with Crippen LogP contribution >= 0.6 is 11.8 Å². The second-order valence-electron chi connectivity index (χ2n) is 3.12. The number of nitriles is 1. The Hall–Kier alpha value is -0.160. The summed E-state index contributed by atoms with van der Waals surface area (Å²) in [5, 5.41) is 9.55. The molecule has 0 aromatic carbocycles. The average Bonchev–Trinajstić information content (AvgIpc) is 1.98. The van der Waals surface area contributed by atoms with Crippen molar-refractivity contribution in [1.82, 2.24) is 0 Å². The number of nitrogens with zero attached hydrogens (tertiary/aromatic N) is 1. The lowest BCUT2D eigenvalue weighted by Crippen LogP contribution is -2.13. The molecule has 0 bridgehead atoms. The number of thioether (sulfide) groups is 1. The molecule has 2 atom stereocenters. The van der Waals surface area contributed by atoms with E-state index in [0.29, 0.717) is 11.2 Å². The van der Waals surface area contributed by atoms with Crippen molar-refractivity contribution in [2.75, 3.05) is 0 Å². The van der Waals surface area contributed by atoms with Gasteiger partial charge >= 0.3 is 0 Å². The summed E-state index contributed by atoms with van der Waals surface area (Å²) in [5.41, 5.74) is 0. The largest absolute Gasteiger partial charge is 0.197 e. The average molecular weight is 171 g/mol. The third kappa shape index (κ3) is 4.31. The van der Waals surface area contributed by atoms with Gasteiger partial charge in [-0.25, -0.2) is 0 Å². The molecule has 11 heavy (non-hydrogen) atoms. The summed E-state index contributed by atoms with van der Waals surface area (Å²) in [5.74, 6) is 0.521. The fourth-order valence-corrected chi connectivity index (χ4v) is 1.91. The number of hydrogen-bond acceptors (Lipinski definition) is 2. The van der Waals surface area contributed by atoms with Crippen molar-refractivity contribution in [2.45, 2.75) is 44.6 Å². The molecule has 0 radical (unpaired) electrons. The molecule has 1 nitrogen and oxygen atoms in total. The van der Waals surface area contributed by atoms with Gasteiger partial charge in [0.15, 0.2) is 0 Å². The van der Waals surface area contributed by atoms with Gasteiger partial charge in [-0.05, 0) is 5.92 Å². The van der Waals surface area contributed by atoms with Gasteiger partial charge in [-0.1, -0.05) is 34.1 Å². The van der Waals surface area contributed by atoms with Crippen molar-refractivity contribution in [3.63, 3.8) is 0 Å². The lowest BCUT2D eigenvalue weighted by atomic mass is 10.1. The minimum atomic E-state index is 0.181. The highest BCUT2D eigenvalue weighted by Gasteiger charge is 2.16. The third-order valence-electron chi connectivity index (χ3n) is 1.71. The molecule has 0 spiro atoms. The molecule has 0 aliphatic carbocycles. The smallest absolute Gasteiger partial charge is 0.0944 e. The predicted molar refractivity (Wildman–Crippen MR) is 51.6 cm³/mol. The normalized spacial score (nSPS) is 16.0. The minimum Gasteiger partial charge on any atom is -0.197 e. The van der Waals surface area contributed by atoms with Gasteiger partial charge in [0.25, 0.3) is 0 Å². The second-order valence-corrected chi connectivity index (χ2v) is 4.84. The van der Waals surface area contributed by atoms with Gasteiger partial charge in [-0.3, -0.25) is 0 Å². The van der Waals surface area contributed by atoms with Gasteiger partial charge in [-0.2, -0.15) is 5.26 Å². The van der Waals surface area contributed by atoms with E-state index >= 15 is 0 Å². The Kier molecular flexibility index (Phi) is 5.41. The highest BCUT2D eigenvalue weighted by Crippen LogP contribution is 2.24. The molecule has 0 aromatic rings. The molecule has 0 N–H and O–H groups in total.